The van der Waals surface area contributed by atoms with E-state index in [1.807, 2.05) is 0 Å². The fourth-order valence-electron chi connectivity index (χ4n) is 4.08. The summed E-state index contributed by atoms with van der Waals surface area (Å²) in [7, 11) is 4.23. The maximum atomic E-state index is 13.1. The van der Waals surface area contributed by atoms with Crippen LogP contribution in [0.25, 0.3) is 0 Å². The summed E-state index contributed by atoms with van der Waals surface area (Å²) in [4.78, 5) is 15.4. The molecule has 110 valence electrons. The van der Waals surface area contributed by atoms with Gasteiger partial charge in [0.2, 0.25) is 0 Å². The molecule has 0 amide bonds. The lowest BCUT2D eigenvalue weighted by atomic mass is 9.70. The van der Waals surface area contributed by atoms with E-state index in [1.165, 1.54) is 38.5 Å². The number of hydrogen-bond donors (Lipinski definition) is 0. The van der Waals surface area contributed by atoms with E-state index in [1.54, 1.807) is 0 Å². The molecule has 0 aromatic heterocycles. The number of nitrogens with zero attached hydrogens (tertiary/aromatic N) is 1. The van der Waals surface area contributed by atoms with Gasteiger partial charge in [-0.2, -0.15) is 0 Å². The van der Waals surface area contributed by atoms with Gasteiger partial charge in [0.1, 0.15) is 0 Å². The molecule has 0 unspecified atom stereocenters. The third-order valence-corrected chi connectivity index (χ3v) is 5.64. The number of Topliss-reactive ketones (excluding diaryl/α,β-unsaturated/α-hetero) is 1. The molecule has 0 bridgehead atoms. The summed E-state index contributed by atoms with van der Waals surface area (Å²) in [6.07, 6.45) is 12.1. The van der Waals surface area contributed by atoms with Gasteiger partial charge in [-0.25, -0.2) is 0 Å². The molecule has 0 radical (unpaired) electrons. The molecule has 2 nitrogen and oxygen atoms in total. The van der Waals surface area contributed by atoms with E-state index in [-0.39, 0.29) is 5.54 Å². The van der Waals surface area contributed by atoms with Gasteiger partial charge in [0.25, 0.3) is 0 Å². The predicted molar refractivity (Wildman–Crippen MR) is 80.2 cm³/mol. The molecule has 2 heteroatoms. The molecule has 0 aromatic rings. The molecule has 19 heavy (non-hydrogen) atoms. The van der Waals surface area contributed by atoms with Gasteiger partial charge >= 0.3 is 0 Å². The van der Waals surface area contributed by atoms with Crippen molar-refractivity contribution in [3.63, 3.8) is 0 Å². The fourth-order valence-corrected chi connectivity index (χ4v) is 4.08. The largest absolute Gasteiger partial charge is 0.297 e. The van der Waals surface area contributed by atoms with Crippen LogP contribution in [0.2, 0.25) is 0 Å². The lowest BCUT2D eigenvalue weighted by Crippen LogP contribution is -2.55. The van der Waals surface area contributed by atoms with E-state index >= 15 is 0 Å². The first-order valence-electron chi connectivity index (χ1n) is 8.28. The van der Waals surface area contributed by atoms with Crippen molar-refractivity contribution in [3.8, 4) is 0 Å². The third-order valence-electron chi connectivity index (χ3n) is 5.64. The molecule has 2 aliphatic carbocycles. The van der Waals surface area contributed by atoms with Gasteiger partial charge in [0.05, 0.1) is 5.54 Å². The second-order valence-electron chi connectivity index (χ2n) is 7.16. The second kappa shape index (κ2) is 6.39. The summed E-state index contributed by atoms with van der Waals surface area (Å²) in [5, 5.41) is 0. The van der Waals surface area contributed by atoms with Gasteiger partial charge in [-0.05, 0) is 58.5 Å². The Morgan fingerprint density at radius 3 is 1.95 bits per heavy atom. The van der Waals surface area contributed by atoms with Crippen molar-refractivity contribution >= 4 is 5.78 Å². The van der Waals surface area contributed by atoms with Crippen LogP contribution in [0.5, 0.6) is 0 Å². The molecular formula is C17H31NO. The van der Waals surface area contributed by atoms with E-state index in [0.29, 0.717) is 11.7 Å². The summed E-state index contributed by atoms with van der Waals surface area (Å²) in [5.74, 6) is 1.72. The monoisotopic (exact) mass is 265 g/mol. The van der Waals surface area contributed by atoms with E-state index in [9.17, 15) is 4.79 Å². The lowest BCUT2D eigenvalue weighted by molar-refractivity contribution is -0.137. The highest BCUT2D eigenvalue weighted by molar-refractivity contribution is 5.90. The Morgan fingerprint density at radius 2 is 1.47 bits per heavy atom. The average Bonchev–Trinajstić information content (AvgIpc) is 2.67. The minimum atomic E-state index is -0.137. The van der Waals surface area contributed by atoms with Gasteiger partial charge in [-0.15, -0.1) is 0 Å². The van der Waals surface area contributed by atoms with Crippen LogP contribution in [0.1, 0.15) is 71.1 Å². The number of carbonyl (C=O) groups excluding carboxylic acids is 1. The number of likely N-dealkylation sites (N-methyl/N-ethyl adjacent to an activating group) is 1. The van der Waals surface area contributed by atoms with Crippen molar-refractivity contribution < 1.29 is 4.79 Å². The first kappa shape index (κ1) is 15.0. The van der Waals surface area contributed by atoms with E-state index in [0.717, 1.165) is 31.6 Å². The second-order valence-corrected chi connectivity index (χ2v) is 7.16. The molecule has 0 heterocycles. The quantitative estimate of drug-likeness (QED) is 0.718. The summed E-state index contributed by atoms with van der Waals surface area (Å²) >= 11 is 0. The molecule has 2 saturated carbocycles. The molecule has 0 atom stereocenters. The Kier molecular flexibility index (Phi) is 5.05. The number of hydrogen-bond acceptors (Lipinski definition) is 2. The molecular weight excluding hydrogens is 234 g/mol. The topological polar surface area (TPSA) is 20.3 Å². The van der Waals surface area contributed by atoms with Crippen LogP contribution in [0.15, 0.2) is 0 Å². The van der Waals surface area contributed by atoms with Crippen molar-refractivity contribution in [2.75, 3.05) is 14.1 Å². The number of rotatable bonds is 3. The van der Waals surface area contributed by atoms with Crippen molar-refractivity contribution in [3.05, 3.63) is 0 Å². The minimum absolute atomic E-state index is 0.137. The van der Waals surface area contributed by atoms with Crippen LogP contribution in [0.3, 0.4) is 0 Å². The van der Waals surface area contributed by atoms with E-state index in [2.05, 4.69) is 25.9 Å². The van der Waals surface area contributed by atoms with E-state index < -0.39 is 0 Å². The van der Waals surface area contributed by atoms with E-state index in [4.69, 9.17) is 0 Å². The zero-order valence-electron chi connectivity index (χ0n) is 13.1. The molecule has 0 N–H and O–H groups in total. The Labute approximate surface area is 118 Å². The van der Waals surface area contributed by atoms with Gasteiger partial charge in [-0.1, -0.05) is 32.6 Å². The predicted octanol–water partition coefficient (Wildman–Crippen LogP) is 4.04. The highest BCUT2D eigenvalue weighted by Crippen LogP contribution is 2.39. The van der Waals surface area contributed by atoms with Crippen LogP contribution in [0, 0.1) is 11.8 Å². The number of ketones is 1. The maximum absolute atomic E-state index is 13.1. The molecule has 0 saturated heterocycles. The molecule has 0 aliphatic heterocycles. The first-order valence-corrected chi connectivity index (χ1v) is 8.28. The van der Waals surface area contributed by atoms with Crippen LogP contribution in [0.4, 0.5) is 0 Å². The number of carbonyl (C=O) groups is 1. The summed E-state index contributed by atoms with van der Waals surface area (Å²) in [5.41, 5.74) is -0.137. The average molecular weight is 265 g/mol. The zero-order chi connectivity index (χ0) is 13.9. The molecule has 2 fully saturated rings. The van der Waals surface area contributed by atoms with Gasteiger partial charge in [0, 0.05) is 5.92 Å². The molecule has 2 aliphatic rings. The summed E-state index contributed by atoms with van der Waals surface area (Å²) < 4.78 is 0. The maximum Gasteiger partial charge on any atom is 0.156 e. The third kappa shape index (κ3) is 3.21. The smallest absolute Gasteiger partial charge is 0.156 e. The van der Waals surface area contributed by atoms with Crippen LogP contribution in [-0.4, -0.2) is 30.3 Å². The SMILES string of the molecule is CC1CCC(C(=O)C2CCCCCC2)(N(C)C)CC1. The van der Waals surface area contributed by atoms with Crippen LogP contribution in [-0.2, 0) is 4.79 Å². The van der Waals surface area contributed by atoms with Gasteiger partial charge < -0.3 is 0 Å². The molecule has 2 rings (SSSR count). The van der Waals surface area contributed by atoms with Crippen LogP contribution < -0.4 is 0 Å². The Morgan fingerprint density at radius 1 is 0.947 bits per heavy atom. The van der Waals surface area contributed by atoms with Crippen molar-refractivity contribution in [1.82, 2.24) is 4.90 Å². The lowest BCUT2D eigenvalue weighted by Gasteiger charge is -2.45. The normalized spacial score (nSPS) is 34.2. The molecule has 0 spiro atoms. The Balaban J connectivity index is 2.11. The van der Waals surface area contributed by atoms with Crippen molar-refractivity contribution in [2.45, 2.75) is 76.7 Å². The highest BCUT2D eigenvalue weighted by Gasteiger charge is 2.45. The summed E-state index contributed by atoms with van der Waals surface area (Å²) in [6, 6.07) is 0. The van der Waals surface area contributed by atoms with Crippen molar-refractivity contribution in [1.29, 1.82) is 0 Å². The molecule has 0 aromatic carbocycles. The highest BCUT2D eigenvalue weighted by atomic mass is 16.1. The Bertz CT molecular complexity index is 294. The van der Waals surface area contributed by atoms with Gasteiger partial charge in [-0.3, -0.25) is 9.69 Å². The van der Waals surface area contributed by atoms with Crippen LogP contribution >= 0.6 is 0 Å². The van der Waals surface area contributed by atoms with Gasteiger partial charge in [0.15, 0.2) is 5.78 Å². The fraction of sp³-hybridized carbons (Fsp3) is 0.941. The standard InChI is InChI=1S/C17H31NO/c1-14-10-12-17(13-11-14,18(2)3)16(19)15-8-6-4-5-7-9-15/h14-15H,4-13H2,1-3H3. The minimum Gasteiger partial charge on any atom is -0.297 e. The first-order chi connectivity index (χ1) is 9.06. The summed E-state index contributed by atoms with van der Waals surface area (Å²) in [6.45, 7) is 2.33. The zero-order valence-corrected chi connectivity index (χ0v) is 13.1. The Hall–Kier alpha value is -0.370. The van der Waals surface area contributed by atoms with Crippen molar-refractivity contribution in [2.24, 2.45) is 11.8 Å².